The highest BCUT2D eigenvalue weighted by molar-refractivity contribution is 7.92. The van der Waals surface area contributed by atoms with E-state index in [9.17, 15) is 13.2 Å². The Hall–Kier alpha value is -4.25. The predicted molar refractivity (Wildman–Crippen MR) is 173 cm³/mol. The minimum Gasteiger partial charge on any atom is -0.495 e. The second-order valence-corrected chi connectivity index (χ2v) is 12.2. The van der Waals surface area contributed by atoms with Gasteiger partial charge in [0.15, 0.2) is 11.5 Å². The summed E-state index contributed by atoms with van der Waals surface area (Å²) in [5, 5.41) is 4.84. The van der Waals surface area contributed by atoms with Crippen molar-refractivity contribution < 1.29 is 27.4 Å². The predicted octanol–water partition coefficient (Wildman–Crippen LogP) is 6.63. The van der Waals surface area contributed by atoms with Gasteiger partial charge < -0.3 is 14.2 Å². The standard InChI is InChI=1S/C32H31Cl2N3O6S/c1-4-42-31-17-23(10-14-30(31)43-21-24-6-5-7-25(33)16-24)19-35-36-32(38)20-37(26-11-15-29(41-3)28(34)18-26)44(39,40)27-12-8-22(2)9-13-27/h5-19H,4,20-21H2,1-3H3,(H,36,38)/b35-19-. The van der Waals surface area contributed by atoms with E-state index in [1.807, 2.05) is 32.0 Å². The van der Waals surface area contributed by atoms with Crippen LogP contribution < -0.4 is 23.9 Å². The summed E-state index contributed by atoms with van der Waals surface area (Å²) in [6.07, 6.45) is 1.42. The summed E-state index contributed by atoms with van der Waals surface area (Å²) in [7, 11) is -2.69. The molecule has 0 spiro atoms. The van der Waals surface area contributed by atoms with E-state index in [1.54, 1.807) is 36.4 Å². The summed E-state index contributed by atoms with van der Waals surface area (Å²) in [6, 6.07) is 23.4. The molecule has 4 rings (SSSR count). The molecule has 0 aromatic heterocycles. The number of nitrogens with zero attached hydrogens (tertiary/aromatic N) is 2. The Morgan fingerprint density at radius 2 is 1.68 bits per heavy atom. The van der Waals surface area contributed by atoms with Crippen LogP contribution in [0.2, 0.25) is 10.0 Å². The van der Waals surface area contributed by atoms with E-state index in [0.717, 1.165) is 15.4 Å². The van der Waals surface area contributed by atoms with Crippen molar-refractivity contribution in [1.29, 1.82) is 0 Å². The number of hydrazone groups is 1. The number of anilines is 1. The Morgan fingerprint density at radius 1 is 0.932 bits per heavy atom. The number of rotatable bonds is 13. The molecule has 0 atom stereocenters. The smallest absolute Gasteiger partial charge is 0.264 e. The largest absolute Gasteiger partial charge is 0.495 e. The molecular formula is C32H31Cl2N3O6S. The Balaban J connectivity index is 1.50. The highest BCUT2D eigenvalue weighted by atomic mass is 35.5. The SMILES string of the molecule is CCOc1cc(/C=N\NC(=O)CN(c2ccc(OC)c(Cl)c2)S(=O)(=O)c2ccc(C)cc2)ccc1OCc1cccc(Cl)c1. The lowest BCUT2D eigenvalue weighted by atomic mass is 10.2. The summed E-state index contributed by atoms with van der Waals surface area (Å²) < 4.78 is 45.1. The zero-order valence-electron chi connectivity index (χ0n) is 24.3. The van der Waals surface area contributed by atoms with Crippen molar-refractivity contribution >= 4 is 51.0 Å². The highest BCUT2D eigenvalue weighted by Gasteiger charge is 2.28. The van der Waals surface area contributed by atoms with Crippen molar-refractivity contribution in [2.45, 2.75) is 25.3 Å². The monoisotopic (exact) mass is 655 g/mol. The number of hydrogen-bond donors (Lipinski definition) is 1. The average Bonchev–Trinajstić information content (AvgIpc) is 3.00. The highest BCUT2D eigenvalue weighted by Crippen LogP contribution is 2.32. The minimum atomic E-state index is -4.14. The van der Waals surface area contributed by atoms with Gasteiger partial charge in [-0.25, -0.2) is 13.8 Å². The molecule has 0 radical (unpaired) electrons. The molecule has 1 amide bonds. The fourth-order valence-electron chi connectivity index (χ4n) is 4.09. The van der Waals surface area contributed by atoms with Crippen LogP contribution >= 0.6 is 23.2 Å². The normalized spacial score (nSPS) is 11.3. The number of nitrogens with one attached hydrogen (secondary N) is 1. The number of methoxy groups -OCH3 is 1. The van der Waals surface area contributed by atoms with E-state index in [1.165, 1.54) is 43.7 Å². The van der Waals surface area contributed by atoms with Gasteiger partial charge in [-0.15, -0.1) is 0 Å². The van der Waals surface area contributed by atoms with Gasteiger partial charge in [0, 0.05) is 5.02 Å². The quantitative estimate of drug-likeness (QED) is 0.128. The molecule has 1 N–H and O–H groups in total. The van der Waals surface area contributed by atoms with Crippen LogP contribution in [0.5, 0.6) is 17.2 Å². The molecule has 12 heteroatoms. The van der Waals surface area contributed by atoms with Crippen molar-refractivity contribution in [3.8, 4) is 17.2 Å². The fraction of sp³-hybridized carbons (Fsp3) is 0.188. The van der Waals surface area contributed by atoms with Gasteiger partial charge in [0.05, 0.1) is 35.5 Å². The number of benzene rings is 4. The van der Waals surface area contributed by atoms with E-state index in [2.05, 4.69) is 10.5 Å². The van der Waals surface area contributed by atoms with Gasteiger partial charge in [0.2, 0.25) is 0 Å². The Morgan fingerprint density at radius 3 is 2.36 bits per heavy atom. The van der Waals surface area contributed by atoms with E-state index in [-0.39, 0.29) is 15.6 Å². The molecule has 0 saturated carbocycles. The molecule has 0 bridgehead atoms. The summed E-state index contributed by atoms with van der Waals surface area (Å²) in [4.78, 5) is 13.0. The molecule has 0 saturated heterocycles. The second kappa shape index (κ2) is 15.0. The lowest BCUT2D eigenvalue weighted by molar-refractivity contribution is -0.119. The molecule has 4 aromatic carbocycles. The summed E-state index contributed by atoms with van der Waals surface area (Å²) in [6.45, 7) is 3.85. The van der Waals surface area contributed by atoms with Crippen LogP contribution in [0, 0.1) is 6.92 Å². The maximum atomic E-state index is 13.6. The number of hydrogen-bond acceptors (Lipinski definition) is 7. The van der Waals surface area contributed by atoms with Gasteiger partial charge in [-0.2, -0.15) is 5.10 Å². The summed E-state index contributed by atoms with van der Waals surface area (Å²) in [5.74, 6) is 0.722. The second-order valence-electron chi connectivity index (χ2n) is 9.49. The Kier molecular flexibility index (Phi) is 11.1. The molecule has 230 valence electrons. The molecular weight excluding hydrogens is 625 g/mol. The molecule has 4 aromatic rings. The van der Waals surface area contributed by atoms with Gasteiger partial charge in [0.25, 0.3) is 15.9 Å². The van der Waals surface area contributed by atoms with Gasteiger partial charge in [-0.1, -0.05) is 53.0 Å². The third-order valence-corrected chi connectivity index (χ3v) is 8.59. The maximum absolute atomic E-state index is 13.6. The first-order chi connectivity index (χ1) is 21.1. The number of carbonyl (C=O) groups excluding carboxylic acids is 1. The zero-order valence-corrected chi connectivity index (χ0v) is 26.6. The van der Waals surface area contributed by atoms with E-state index < -0.39 is 22.5 Å². The van der Waals surface area contributed by atoms with E-state index in [0.29, 0.717) is 41.0 Å². The first-order valence-electron chi connectivity index (χ1n) is 13.5. The van der Waals surface area contributed by atoms with Gasteiger partial charge in [-0.05, 0) is 85.6 Å². The molecule has 44 heavy (non-hydrogen) atoms. The first-order valence-corrected chi connectivity index (χ1v) is 15.7. The molecule has 0 aliphatic rings. The topological polar surface area (TPSA) is 107 Å². The number of sulfonamides is 1. The average molecular weight is 657 g/mol. The number of carbonyl (C=O) groups is 1. The molecule has 0 heterocycles. The number of halogens is 2. The van der Waals surface area contributed by atoms with Crippen molar-refractivity contribution in [2.24, 2.45) is 5.10 Å². The Labute approximate surface area is 267 Å². The lowest BCUT2D eigenvalue weighted by Crippen LogP contribution is -2.39. The lowest BCUT2D eigenvalue weighted by Gasteiger charge is -2.24. The van der Waals surface area contributed by atoms with Gasteiger partial charge in [0.1, 0.15) is 18.9 Å². The number of ether oxygens (including phenoxy) is 3. The van der Waals surface area contributed by atoms with Crippen LogP contribution in [0.25, 0.3) is 0 Å². The van der Waals surface area contributed by atoms with Crippen LogP contribution in [-0.4, -0.2) is 40.8 Å². The molecule has 0 unspecified atom stereocenters. The minimum absolute atomic E-state index is 0.0208. The van der Waals surface area contributed by atoms with Gasteiger partial charge >= 0.3 is 0 Å². The fourth-order valence-corrected chi connectivity index (χ4v) is 5.97. The summed E-state index contributed by atoms with van der Waals surface area (Å²) in [5.41, 5.74) is 5.01. The van der Waals surface area contributed by atoms with Crippen LogP contribution in [0.1, 0.15) is 23.6 Å². The van der Waals surface area contributed by atoms with Crippen LogP contribution in [0.15, 0.2) is 94.9 Å². The van der Waals surface area contributed by atoms with Crippen LogP contribution in [0.4, 0.5) is 5.69 Å². The van der Waals surface area contributed by atoms with Crippen molar-refractivity contribution in [1.82, 2.24) is 5.43 Å². The van der Waals surface area contributed by atoms with Crippen LogP contribution in [0.3, 0.4) is 0 Å². The van der Waals surface area contributed by atoms with Crippen molar-refractivity contribution in [3.05, 3.63) is 112 Å². The van der Waals surface area contributed by atoms with Crippen molar-refractivity contribution in [2.75, 3.05) is 24.6 Å². The maximum Gasteiger partial charge on any atom is 0.264 e. The van der Waals surface area contributed by atoms with E-state index in [4.69, 9.17) is 37.4 Å². The molecule has 0 aliphatic heterocycles. The Bertz CT molecular complexity index is 1750. The van der Waals surface area contributed by atoms with Crippen molar-refractivity contribution in [3.63, 3.8) is 0 Å². The third kappa shape index (κ3) is 8.43. The number of amides is 1. The first kappa shape index (κ1) is 32.7. The molecule has 9 nitrogen and oxygen atoms in total. The van der Waals surface area contributed by atoms with Gasteiger partial charge in [-0.3, -0.25) is 9.10 Å². The summed E-state index contributed by atoms with van der Waals surface area (Å²) >= 11 is 12.4. The van der Waals surface area contributed by atoms with E-state index >= 15 is 0 Å². The number of aryl methyl sites for hydroxylation is 1. The van der Waals surface area contributed by atoms with Crippen LogP contribution in [-0.2, 0) is 21.4 Å². The molecule has 0 fully saturated rings. The zero-order chi connectivity index (χ0) is 31.7. The third-order valence-electron chi connectivity index (χ3n) is 6.27. The molecule has 0 aliphatic carbocycles.